The quantitative estimate of drug-likeness (QED) is 0.827. The van der Waals surface area contributed by atoms with Crippen LogP contribution < -0.4 is 0 Å². The van der Waals surface area contributed by atoms with E-state index in [4.69, 9.17) is 4.74 Å². The highest BCUT2D eigenvalue weighted by atomic mass is 16.5. The molecular formula is C13H20O2. The first-order chi connectivity index (χ1) is 6.91. The molecule has 1 aromatic carbocycles. The van der Waals surface area contributed by atoms with E-state index in [0.717, 1.165) is 11.1 Å². The summed E-state index contributed by atoms with van der Waals surface area (Å²) in [6.45, 7) is 7.75. The zero-order valence-corrected chi connectivity index (χ0v) is 10.2. The number of aryl methyl sites for hydroxylation is 1. The van der Waals surface area contributed by atoms with Gasteiger partial charge >= 0.3 is 0 Å². The van der Waals surface area contributed by atoms with Gasteiger partial charge in [-0.25, -0.2) is 0 Å². The summed E-state index contributed by atoms with van der Waals surface area (Å²) in [5.74, 6) is 0. The van der Waals surface area contributed by atoms with Crippen LogP contribution in [-0.4, -0.2) is 18.3 Å². The van der Waals surface area contributed by atoms with Gasteiger partial charge in [0.05, 0.1) is 6.10 Å². The Morgan fingerprint density at radius 2 is 1.93 bits per heavy atom. The number of aliphatic hydroxyl groups is 1. The molecule has 84 valence electrons. The fraction of sp³-hybridized carbons (Fsp3) is 0.538. The van der Waals surface area contributed by atoms with Crippen molar-refractivity contribution in [2.45, 2.75) is 39.4 Å². The average molecular weight is 208 g/mol. The molecule has 15 heavy (non-hydrogen) atoms. The minimum Gasteiger partial charge on any atom is -0.383 e. The van der Waals surface area contributed by atoms with Gasteiger partial charge in [0, 0.05) is 7.11 Å². The average Bonchev–Trinajstić information content (AvgIpc) is 2.20. The van der Waals surface area contributed by atoms with Crippen molar-refractivity contribution in [3.05, 3.63) is 34.9 Å². The summed E-state index contributed by atoms with van der Waals surface area (Å²) >= 11 is 0. The third-order valence-electron chi connectivity index (χ3n) is 3.30. The van der Waals surface area contributed by atoms with E-state index in [0.29, 0.717) is 0 Å². The summed E-state index contributed by atoms with van der Waals surface area (Å²) in [5, 5.41) is 10.4. The third-order valence-corrected chi connectivity index (χ3v) is 3.30. The third kappa shape index (κ3) is 2.21. The zero-order chi connectivity index (χ0) is 11.6. The molecule has 0 aliphatic rings. The van der Waals surface area contributed by atoms with Crippen molar-refractivity contribution in [3.8, 4) is 0 Å². The lowest BCUT2D eigenvalue weighted by Crippen LogP contribution is -2.36. The van der Waals surface area contributed by atoms with Crippen LogP contribution in [0, 0.1) is 13.8 Å². The highest BCUT2D eigenvalue weighted by Gasteiger charge is 2.32. The Hall–Kier alpha value is -0.860. The number of hydrogen-bond donors (Lipinski definition) is 1. The van der Waals surface area contributed by atoms with Crippen molar-refractivity contribution < 1.29 is 9.84 Å². The second-order valence-corrected chi connectivity index (χ2v) is 4.27. The molecule has 2 nitrogen and oxygen atoms in total. The van der Waals surface area contributed by atoms with Gasteiger partial charge in [0.25, 0.3) is 0 Å². The van der Waals surface area contributed by atoms with Crippen LogP contribution in [0.2, 0.25) is 0 Å². The largest absolute Gasteiger partial charge is 0.383 e. The van der Waals surface area contributed by atoms with Gasteiger partial charge in [0.2, 0.25) is 0 Å². The first kappa shape index (κ1) is 12.2. The molecule has 0 saturated heterocycles. The predicted molar refractivity (Wildman–Crippen MR) is 62.0 cm³/mol. The van der Waals surface area contributed by atoms with Crippen LogP contribution in [-0.2, 0) is 10.3 Å². The molecule has 0 radical (unpaired) electrons. The topological polar surface area (TPSA) is 29.5 Å². The van der Waals surface area contributed by atoms with Gasteiger partial charge in [0.1, 0.15) is 5.60 Å². The molecule has 1 rings (SSSR count). The van der Waals surface area contributed by atoms with Crippen LogP contribution in [0.1, 0.15) is 30.5 Å². The molecule has 0 aromatic heterocycles. The van der Waals surface area contributed by atoms with Crippen molar-refractivity contribution in [1.82, 2.24) is 0 Å². The SMILES string of the molecule is COC(C)C(C)(O)c1cccc(C)c1C. The molecule has 2 atom stereocenters. The summed E-state index contributed by atoms with van der Waals surface area (Å²) in [6.07, 6.45) is -0.224. The normalized spacial score (nSPS) is 17.2. The van der Waals surface area contributed by atoms with Crippen molar-refractivity contribution >= 4 is 0 Å². The Morgan fingerprint density at radius 1 is 1.33 bits per heavy atom. The Kier molecular flexibility index (Phi) is 3.53. The number of hydrogen-bond acceptors (Lipinski definition) is 2. The van der Waals surface area contributed by atoms with Gasteiger partial charge in [-0.05, 0) is 44.4 Å². The standard InChI is InChI=1S/C13H20O2/c1-9-7-6-8-12(10(9)2)13(4,14)11(3)15-5/h6-8,11,14H,1-5H3. The Balaban J connectivity index is 3.20. The highest BCUT2D eigenvalue weighted by Crippen LogP contribution is 2.30. The van der Waals surface area contributed by atoms with Crippen molar-refractivity contribution in [1.29, 1.82) is 0 Å². The maximum Gasteiger partial charge on any atom is 0.113 e. The molecule has 0 aliphatic heterocycles. The molecule has 2 unspecified atom stereocenters. The second kappa shape index (κ2) is 4.33. The van der Waals surface area contributed by atoms with Gasteiger partial charge in [0.15, 0.2) is 0 Å². The lowest BCUT2D eigenvalue weighted by Gasteiger charge is -2.31. The van der Waals surface area contributed by atoms with E-state index < -0.39 is 5.60 Å². The fourth-order valence-corrected chi connectivity index (χ4v) is 1.75. The van der Waals surface area contributed by atoms with Crippen LogP contribution in [0.25, 0.3) is 0 Å². The summed E-state index contributed by atoms with van der Waals surface area (Å²) in [5.41, 5.74) is 2.32. The maximum atomic E-state index is 10.4. The second-order valence-electron chi connectivity index (χ2n) is 4.27. The molecule has 1 N–H and O–H groups in total. The smallest absolute Gasteiger partial charge is 0.113 e. The lowest BCUT2D eigenvalue weighted by molar-refractivity contribution is -0.0775. The van der Waals surface area contributed by atoms with Crippen molar-refractivity contribution in [3.63, 3.8) is 0 Å². The number of benzene rings is 1. The van der Waals surface area contributed by atoms with Gasteiger partial charge in [-0.1, -0.05) is 18.2 Å². The first-order valence-electron chi connectivity index (χ1n) is 5.23. The van der Waals surface area contributed by atoms with Crippen molar-refractivity contribution in [2.24, 2.45) is 0 Å². The Morgan fingerprint density at radius 3 is 2.47 bits per heavy atom. The lowest BCUT2D eigenvalue weighted by atomic mass is 9.86. The molecule has 0 heterocycles. The Labute approximate surface area is 91.9 Å². The van der Waals surface area contributed by atoms with E-state index in [2.05, 4.69) is 0 Å². The monoisotopic (exact) mass is 208 g/mol. The van der Waals surface area contributed by atoms with E-state index in [1.807, 2.05) is 39.0 Å². The number of ether oxygens (including phenoxy) is 1. The zero-order valence-electron chi connectivity index (χ0n) is 10.2. The molecule has 0 amide bonds. The maximum absolute atomic E-state index is 10.4. The summed E-state index contributed by atoms with van der Waals surface area (Å²) < 4.78 is 5.21. The van der Waals surface area contributed by atoms with Crippen LogP contribution in [0.5, 0.6) is 0 Å². The van der Waals surface area contributed by atoms with E-state index in [1.165, 1.54) is 5.56 Å². The molecule has 0 spiro atoms. The van der Waals surface area contributed by atoms with Gasteiger partial charge in [-0.3, -0.25) is 0 Å². The van der Waals surface area contributed by atoms with E-state index >= 15 is 0 Å². The van der Waals surface area contributed by atoms with Gasteiger partial charge in [-0.2, -0.15) is 0 Å². The first-order valence-corrected chi connectivity index (χ1v) is 5.23. The van der Waals surface area contributed by atoms with E-state index in [-0.39, 0.29) is 6.10 Å². The molecule has 1 aromatic rings. The van der Waals surface area contributed by atoms with Crippen molar-refractivity contribution in [2.75, 3.05) is 7.11 Å². The summed E-state index contributed by atoms with van der Waals surface area (Å²) in [7, 11) is 1.62. The van der Waals surface area contributed by atoms with Gasteiger partial charge < -0.3 is 9.84 Å². The molecule has 0 bridgehead atoms. The molecule has 0 fully saturated rings. The fourth-order valence-electron chi connectivity index (χ4n) is 1.75. The Bertz CT molecular complexity index is 342. The van der Waals surface area contributed by atoms with E-state index in [1.54, 1.807) is 14.0 Å². The van der Waals surface area contributed by atoms with Gasteiger partial charge in [-0.15, -0.1) is 0 Å². The number of rotatable bonds is 3. The molecule has 2 heteroatoms. The number of methoxy groups -OCH3 is 1. The van der Waals surface area contributed by atoms with Crippen LogP contribution in [0.3, 0.4) is 0 Å². The van der Waals surface area contributed by atoms with Crippen LogP contribution >= 0.6 is 0 Å². The minimum atomic E-state index is -0.940. The van der Waals surface area contributed by atoms with E-state index in [9.17, 15) is 5.11 Å². The van der Waals surface area contributed by atoms with Crippen LogP contribution in [0.4, 0.5) is 0 Å². The summed E-state index contributed by atoms with van der Waals surface area (Å²) in [4.78, 5) is 0. The highest BCUT2D eigenvalue weighted by molar-refractivity contribution is 5.37. The molecular weight excluding hydrogens is 188 g/mol. The predicted octanol–water partition coefficient (Wildman–Crippen LogP) is 2.55. The molecule has 0 aliphatic carbocycles. The molecule has 0 saturated carbocycles. The summed E-state index contributed by atoms with van der Waals surface area (Å²) in [6, 6.07) is 5.97. The van der Waals surface area contributed by atoms with Crippen LogP contribution in [0.15, 0.2) is 18.2 Å². The minimum absolute atomic E-state index is 0.224.